The highest BCUT2D eigenvalue weighted by molar-refractivity contribution is 5.34. The van der Waals surface area contributed by atoms with Crippen LogP contribution in [-0.2, 0) is 0 Å². The van der Waals surface area contributed by atoms with Crippen molar-refractivity contribution in [2.24, 2.45) is 5.92 Å². The smallest absolute Gasteiger partial charge is 0.0355 e. The minimum absolute atomic E-state index is 0.740. The van der Waals surface area contributed by atoms with Crippen molar-refractivity contribution in [2.45, 2.75) is 26.2 Å². The van der Waals surface area contributed by atoms with Gasteiger partial charge in [0.15, 0.2) is 0 Å². The third-order valence-corrected chi connectivity index (χ3v) is 2.86. The second-order valence-corrected chi connectivity index (χ2v) is 4.02. The van der Waals surface area contributed by atoms with E-state index < -0.39 is 0 Å². The molecule has 1 atom stereocenters. The SMILES string of the molecule is CC1C=C2C(=CC1)CCCN2C. The Kier molecular flexibility index (Phi) is 1.95. The van der Waals surface area contributed by atoms with Crippen LogP contribution in [0.1, 0.15) is 26.2 Å². The first-order chi connectivity index (χ1) is 5.77. The predicted octanol–water partition coefficient (Wildman–Crippen LogP) is 2.56. The Morgan fingerprint density at radius 1 is 1.50 bits per heavy atom. The molecule has 12 heavy (non-hydrogen) atoms. The fourth-order valence-electron chi connectivity index (χ4n) is 2.11. The molecule has 2 aliphatic rings. The van der Waals surface area contributed by atoms with E-state index in [2.05, 4.69) is 31.0 Å². The van der Waals surface area contributed by atoms with Gasteiger partial charge in [0.05, 0.1) is 0 Å². The van der Waals surface area contributed by atoms with Crippen LogP contribution < -0.4 is 0 Å². The minimum Gasteiger partial charge on any atom is -0.375 e. The van der Waals surface area contributed by atoms with Crippen molar-refractivity contribution in [3.05, 3.63) is 23.4 Å². The monoisotopic (exact) mass is 163 g/mol. The lowest BCUT2D eigenvalue weighted by molar-refractivity contribution is 0.374. The number of rotatable bonds is 0. The Bertz CT molecular complexity index is 237. The average Bonchev–Trinajstić information content (AvgIpc) is 2.07. The summed E-state index contributed by atoms with van der Waals surface area (Å²) in [5.41, 5.74) is 3.09. The van der Waals surface area contributed by atoms with E-state index >= 15 is 0 Å². The maximum atomic E-state index is 2.43. The molecule has 1 unspecified atom stereocenters. The van der Waals surface area contributed by atoms with Gasteiger partial charge in [0, 0.05) is 19.3 Å². The molecule has 1 heteroatoms. The summed E-state index contributed by atoms with van der Waals surface area (Å²) in [5.74, 6) is 0.740. The lowest BCUT2D eigenvalue weighted by Crippen LogP contribution is -2.27. The largest absolute Gasteiger partial charge is 0.375 e. The number of hydrogen-bond donors (Lipinski definition) is 0. The lowest BCUT2D eigenvalue weighted by atomic mass is 9.90. The Morgan fingerprint density at radius 2 is 2.33 bits per heavy atom. The van der Waals surface area contributed by atoms with E-state index in [1.807, 2.05) is 0 Å². The molecule has 66 valence electrons. The normalized spacial score (nSPS) is 29.2. The van der Waals surface area contributed by atoms with Gasteiger partial charge in [-0.05, 0) is 30.8 Å². The molecule has 0 aromatic carbocycles. The summed E-state index contributed by atoms with van der Waals surface area (Å²) in [4.78, 5) is 2.39. The van der Waals surface area contributed by atoms with Crippen LogP contribution in [0.4, 0.5) is 0 Å². The highest BCUT2D eigenvalue weighted by Gasteiger charge is 2.19. The first kappa shape index (κ1) is 7.90. The molecule has 2 rings (SSSR count). The van der Waals surface area contributed by atoms with Gasteiger partial charge in [-0.3, -0.25) is 0 Å². The summed E-state index contributed by atoms with van der Waals surface area (Å²) in [7, 11) is 2.21. The van der Waals surface area contributed by atoms with Gasteiger partial charge in [0.25, 0.3) is 0 Å². The summed E-state index contributed by atoms with van der Waals surface area (Å²) >= 11 is 0. The second-order valence-electron chi connectivity index (χ2n) is 4.02. The first-order valence-electron chi connectivity index (χ1n) is 4.90. The Morgan fingerprint density at radius 3 is 3.17 bits per heavy atom. The second kappa shape index (κ2) is 2.96. The number of nitrogens with zero attached hydrogens (tertiary/aromatic N) is 1. The van der Waals surface area contributed by atoms with Gasteiger partial charge in [-0.15, -0.1) is 0 Å². The molecule has 1 aliphatic carbocycles. The molecule has 1 fully saturated rings. The molecule has 0 spiro atoms. The van der Waals surface area contributed by atoms with E-state index in [1.165, 1.54) is 31.5 Å². The fourth-order valence-corrected chi connectivity index (χ4v) is 2.11. The number of fused-ring (bicyclic) bond motifs is 1. The van der Waals surface area contributed by atoms with Gasteiger partial charge in [0.1, 0.15) is 0 Å². The van der Waals surface area contributed by atoms with Crippen LogP contribution in [0.25, 0.3) is 0 Å². The van der Waals surface area contributed by atoms with Crippen molar-refractivity contribution in [1.82, 2.24) is 4.90 Å². The van der Waals surface area contributed by atoms with Gasteiger partial charge in [-0.25, -0.2) is 0 Å². The van der Waals surface area contributed by atoms with Crippen LogP contribution in [-0.4, -0.2) is 18.5 Å². The van der Waals surface area contributed by atoms with Crippen LogP contribution in [0, 0.1) is 5.92 Å². The first-order valence-corrected chi connectivity index (χ1v) is 4.90. The molecule has 0 aromatic rings. The molecule has 1 saturated heterocycles. The minimum atomic E-state index is 0.740. The zero-order valence-corrected chi connectivity index (χ0v) is 8.01. The lowest BCUT2D eigenvalue weighted by Gasteiger charge is -2.33. The molecule has 0 bridgehead atoms. The van der Waals surface area contributed by atoms with E-state index in [9.17, 15) is 0 Å². The predicted molar refractivity (Wildman–Crippen MR) is 51.8 cm³/mol. The van der Waals surface area contributed by atoms with Gasteiger partial charge in [0.2, 0.25) is 0 Å². The molecular weight excluding hydrogens is 146 g/mol. The van der Waals surface area contributed by atoms with Gasteiger partial charge in [-0.1, -0.05) is 19.1 Å². The van der Waals surface area contributed by atoms with Crippen molar-refractivity contribution >= 4 is 0 Å². The molecule has 1 aliphatic heterocycles. The summed E-state index contributed by atoms with van der Waals surface area (Å²) in [6.45, 7) is 3.53. The van der Waals surface area contributed by atoms with Crippen LogP contribution in [0.5, 0.6) is 0 Å². The van der Waals surface area contributed by atoms with E-state index in [1.54, 1.807) is 5.57 Å². The van der Waals surface area contributed by atoms with E-state index in [4.69, 9.17) is 0 Å². The molecule has 1 heterocycles. The quantitative estimate of drug-likeness (QED) is 0.530. The number of hydrogen-bond acceptors (Lipinski definition) is 1. The molecule has 0 saturated carbocycles. The summed E-state index contributed by atoms with van der Waals surface area (Å²) in [6, 6.07) is 0. The number of piperidine rings is 1. The maximum Gasteiger partial charge on any atom is 0.0355 e. The molecule has 0 amide bonds. The number of allylic oxidation sites excluding steroid dienone is 3. The number of likely N-dealkylation sites (tertiary alicyclic amines) is 1. The van der Waals surface area contributed by atoms with E-state index in [0.717, 1.165) is 5.92 Å². The van der Waals surface area contributed by atoms with Crippen molar-refractivity contribution in [2.75, 3.05) is 13.6 Å². The summed E-state index contributed by atoms with van der Waals surface area (Å²) in [6.07, 6.45) is 8.72. The number of likely N-dealkylation sites (N-methyl/N-ethyl adjacent to an activating group) is 1. The van der Waals surface area contributed by atoms with E-state index in [-0.39, 0.29) is 0 Å². The van der Waals surface area contributed by atoms with E-state index in [0.29, 0.717) is 0 Å². The van der Waals surface area contributed by atoms with Gasteiger partial charge < -0.3 is 4.90 Å². The Hall–Kier alpha value is -0.720. The van der Waals surface area contributed by atoms with Gasteiger partial charge in [-0.2, -0.15) is 0 Å². The molecule has 0 N–H and O–H groups in total. The van der Waals surface area contributed by atoms with Crippen LogP contribution >= 0.6 is 0 Å². The topological polar surface area (TPSA) is 3.24 Å². The third kappa shape index (κ3) is 1.28. The van der Waals surface area contributed by atoms with Crippen molar-refractivity contribution in [3.8, 4) is 0 Å². The van der Waals surface area contributed by atoms with Crippen LogP contribution in [0.3, 0.4) is 0 Å². The van der Waals surface area contributed by atoms with Crippen molar-refractivity contribution in [1.29, 1.82) is 0 Å². The summed E-state index contributed by atoms with van der Waals surface area (Å²) < 4.78 is 0. The van der Waals surface area contributed by atoms with Crippen LogP contribution in [0.15, 0.2) is 23.4 Å². The Balaban J connectivity index is 2.25. The fraction of sp³-hybridized carbons (Fsp3) is 0.636. The summed E-state index contributed by atoms with van der Waals surface area (Å²) in [5, 5.41) is 0. The van der Waals surface area contributed by atoms with Crippen molar-refractivity contribution < 1.29 is 0 Å². The highest BCUT2D eigenvalue weighted by Crippen LogP contribution is 2.31. The molecule has 0 aromatic heterocycles. The van der Waals surface area contributed by atoms with Crippen LogP contribution in [0.2, 0.25) is 0 Å². The Labute approximate surface area is 74.8 Å². The zero-order valence-electron chi connectivity index (χ0n) is 8.01. The average molecular weight is 163 g/mol. The standard InChI is InChI=1S/C11H17N/c1-9-5-6-10-4-3-7-12(2)11(10)8-9/h6,8-9H,3-5,7H2,1-2H3. The van der Waals surface area contributed by atoms with Gasteiger partial charge >= 0.3 is 0 Å². The molecule has 0 radical (unpaired) electrons. The zero-order chi connectivity index (χ0) is 8.55. The van der Waals surface area contributed by atoms with Crippen molar-refractivity contribution in [3.63, 3.8) is 0 Å². The highest BCUT2D eigenvalue weighted by atomic mass is 15.1. The molecule has 1 nitrogen and oxygen atoms in total. The maximum absolute atomic E-state index is 2.43. The third-order valence-electron chi connectivity index (χ3n) is 2.86. The molecular formula is C11H17N.